The van der Waals surface area contributed by atoms with Crippen molar-refractivity contribution in [1.29, 1.82) is 1.34 Å². The molecule has 66 heavy (non-hydrogen) atoms. The molecule has 20 heteroatoms. The van der Waals surface area contributed by atoms with Crippen LogP contribution in [-0.4, -0.2) is 82.3 Å². The van der Waals surface area contributed by atoms with E-state index in [1.807, 2.05) is 124 Å². The minimum atomic E-state index is -0.827. The number of halogens is 1. The fourth-order valence-corrected chi connectivity index (χ4v) is 7.60. The van der Waals surface area contributed by atoms with Crippen LogP contribution in [0, 0.1) is 48.9 Å². The van der Waals surface area contributed by atoms with Gasteiger partial charge in [0.2, 0.25) is 0 Å². The maximum absolute atomic E-state index is 12.6. The molecule has 3 aromatic carbocycles. The largest absolute Gasteiger partial charge is 0.480 e. The van der Waals surface area contributed by atoms with Crippen molar-refractivity contribution < 1.29 is 55.7 Å². The molecular formula is C46H60BBrN10O5S2U. The number of alkyl halides is 1. The third-order valence-electron chi connectivity index (χ3n) is 8.89. The van der Waals surface area contributed by atoms with Crippen molar-refractivity contribution in [1.82, 2.24) is 39.7 Å². The SMILES string of the molecule is C.CC(C)CC(Br)C(=O)O.CC(C)CC(C(=O)Nc1nccs1)n1cc2ccccc2n1.CC(C)CC(C(=O)O)n1cc2ccccc2n1.Nc1nccs1.[3H][B].[U].c1ccc2[nH]ncc2c1. The first-order valence-corrected chi connectivity index (χ1v) is 23.0. The van der Waals surface area contributed by atoms with Crippen molar-refractivity contribution in [2.24, 2.45) is 17.8 Å². The van der Waals surface area contributed by atoms with Crippen LogP contribution < -0.4 is 11.1 Å². The van der Waals surface area contributed by atoms with Crippen molar-refractivity contribution in [2.45, 2.75) is 85.1 Å². The molecule has 0 fully saturated rings. The van der Waals surface area contributed by atoms with E-state index < -0.39 is 18.0 Å². The summed E-state index contributed by atoms with van der Waals surface area (Å²) in [6.45, 7) is 12.2. The van der Waals surface area contributed by atoms with Crippen LogP contribution in [0.15, 0.2) is 115 Å². The number of fused-ring (bicyclic) bond motifs is 3. The number of carbonyl (C=O) groups excluding carboxylic acids is 1. The first-order chi connectivity index (χ1) is 31.1. The van der Waals surface area contributed by atoms with Crippen LogP contribution in [0.1, 0.15) is 80.3 Å². The maximum atomic E-state index is 12.6. The van der Waals surface area contributed by atoms with Crippen LogP contribution in [-0.2, 0) is 14.4 Å². The van der Waals surface area contributed by atoms with Gasteiger partial charge in [0, 0.05) is 91.2 Å². The Kier molecular flexibility index (Phi) is 26.4. The number of aliphatic carboxylic acids is 2. The number of carboxylic acids is 2. The van der Waals surface area contributed by atoms with Gasteiger partial charge in [0.1, 0.15) is 16.9 Å². The van der Waals surface area contributed by atoms with Gasteiger partial charge in [-0.05, 0) is 56.6 Å². The number of benzene rings is 3. The summed E-state index contributed by atoms with van der Waals surface area (Å²) in [6.07, 6.45) is 10.9. The number of aromatic amines is 1. The molecule has 1 amide bonds. The van der Waals surface area contributed by atoms with Gasteiger partial charge in [0.15, 0.2) is 10.3 Å². The number of aromatic nitrogens is 8. The molecule has 0 aliphatic rings. The van der Waals surface area contributed by atoms with E-state index >= 15 is 0 Å². The number of nitrogens with one attached hydrogen (secondary N) is 2. The van der Waals surface area contributed by atoms with Crippen molar-refractivity contribution in [2.75, 3.05) is 11.1 Å². The predicted octanol–water partition coefficient (Wildman–Crippen LogP) is 10.6. The van der Waals surface area contributed by atoms with Gasteiger partial charge in [-0.25, -0.2) is 14.8 Å². The summed E-state index contributed by atoms with van der Waals surface area (Å²) in [5.41, 5.74) is 8.02. The summed E-state index contributed by atoms with van der Waals surface area (Å²) in [4.78, 5) is 41.5. The standard InChI is InChI=1S/C16H18N4OS.C13H16N2O2.C7H6N2.C6H11BrO2.C3H4N2S.CH4.BH.U/c1-11(2)9-14(15(21)18-16-17-7-8-22-16)20-10-12-5-3-4-6-13(12)19-20;1-9(2)7-12(13(16)17)15-8-10-5-3-4-6-11(10)14-15;1-2-4-7-6(3-1)5-8-9-7;1-4(2)3-5(7)6(8)9;4-3-5-1-2-6-3;;;/h3-8,10-11,14H,9H2,1-2H3,(H,17,18,21);3-6,8-9,12H,7H2,1-2H3,(H,16,17);1-5H,(H,8,9);4-5H,3H2,1-2H3,(H,8,9);1-2H,(H2,4,5);1H4;1H;/i;;;;;;1T;. The van der Waals surface area contributed by atoms with Crippen LogP contribution in [0.25, 0.3) is 32.7 Å². The summed E-state index contributed by atoms with van der Waals surface area (Å²) in [6, 6.07) is 22.6. The summed E-state index contributed by atoms with van der Waals surface area (Å²) in [7, 11) is 3.75. The van der Waals surface area contributed by atoms with E-state index in [0.29, 0.717) is 40.9 Å². The molecule has 0 saturated carbocycles. The zero-order chi connectivity index (χ0) is 47.9. The number of amides is 1. The monoisotopic (exact) mass is 1230 g/mol. The Morgan fingerprint density at radius 1 is 0.742 bits per heavy atom. The fourth-order valence-electron chi connectivity index (χ4n) is 5.94. The first kappa shape index (κ1) is 57.3. The van der Waals surface area contributed by atoms with Crippen molar-refractivity contribution in [3.05, 3.63) is 115 Å². The van der Waals surface area contributed by atoms with E-state index in [4.69, 9.17) is 12.2 Å². The van der Waals surface area contributed by atoms with Crippen LogP contribution in [0.2, 0.25) is 0 Å². The summed E-state index contributed by atoms with van der Waals surface area (Å²) < 4.78 is 8.58. The molecule has 3 atom stereocenters. The van der Waals surface area contributed by atoms with Gasteiger partial charge < -0.3 is 21.3 Å². The Labute approximate surface area is 429 Å². The molecule has 0 aliphatic carbocycles. The smallest absolute Gasteiger partial charge is 0.328 e. The Hall–Kier alpha value is -4.86. The molecule has 350 valence electrons. The average Bonchev–Trinajstić information content (AvgIpc) is 4.14. The number of nitrogens with two attached hydrogens (primary N) is 1. The second-order valence-electron chi connectivity index (χ2n) is 15.6. The van der Waals surface area contributed by atoms with E-state index in [2.05, 4.69) is 73.8 Å². The van der Waals surface area contributed by atoms with Gasteiger partial charge in [0.05, 0.1) is 22.7 Å². The van der Waals surface area contributed by atoms with Crippen molar-refractivity contribution in [3.8, 4) is 0 Å². The fraction of sp³-hybridized carbons (Fsp3) is 0.348. The number of thiazole rings is 2. The molecule has 8 aromatic rings. The minimum Gasteiger partial charge on any atom is -0.480 e. The van der Waals surface area contributed by atoms with E-state index in [-0.39, 0.29) is 55.3 Å². The third-order valence-corrected chi connectivity index (χ3v) is 10.9. The quantitative estimate of drug-likeness (QED) is 0.0572. The maximum Gasteiger partial charge on any atom is 0.328 e. The van der Waals surface area contributed by atoms with Crippen LogP contribution in [0.5, 0.6) is 0 Å². The molecule has 0 bridgehead atoms. The van der Waals surface area contributed by atoms with Crippen LogP contribution in [0.3, 0.4) is 0 Å². The molecule has 15 nitrogen and oxygen atoms in total. The van der Waals surface area contributed by atoms with E-state index in [1.54, 1.807) is 28.0 Å². The summed E-state index contributed by atoms with van der Waals surface area (Å²) in [5, 5.41) is 44.2. The third kappa shape index (κ3) is 19.9. The van der Waals surface area contributed by atoms with Crippen LogP contribution >= 0.6 is 38.6 Å². The molecule has 0 saturated heterocycles. The Morgan fingerprint density at radius 3 is 1.64 bits per heavy atom. The molecule has 5 aromatic heterocycles. The Balaban J connectivity index is 0.000000441. The number of carbonyl (C=O) groups is 3. The van der Waals surface area contributed by atoms with Crippen LogP contribution in [0.4, 0.5) is 10.3 Å². The number of nitrogen functional groups attached to an aromatic ring is 1. The van der Waals surface area contributed by atoms with Gasteiger partial charge >= 0.3 is 11.9 Å². The normalized spacial score (nSPS) is 11.8. The molecule has 0 spiro atoms. The van der Waals surface area contributed by atoms with Gasteiger partial charge in [-0.3, -0.25) is 24.1 Å². The number of nitrogens with zero attached hydrogens (tertiary/aromatic N) is 7. The van der Waals surface area contributed by atoms with Crippen molar-refractivity contribution in [3.63, 3.8) is 0 Å². The molecule has 3 unspecified atom stereocenters. The molecule has 2 radical (unpaired) electrons. The number of carboxylic acid groups (broad SMARTS) is 2. The minimum absolute atomic E-state index is 0. The van der Waals surface area contributed by atoms with Gasteiger partial charge in [0.25, 0.3) is 5.91 Å². The molecule has 0 aliphatic heterocycles. The van der Waals surface area contributed by atoms with Crippen molar-refractivity contribution >= 4 is 108 Å². The average molecular weight is 1230 g/mol. The second kappa shape index (κ2) is 30.4. The zero-order valence-electron chi connectivity index (χ0n) is 38.2. The molecular weight excluding hydrogens is 1170 g/mol. The molecule has 6 N–H and O–H groups in total. The summed E-state index contributed by atoms with van der Waals surface area (Å²) in [5.74, 6) is -0.528. The number of rotatable bonds is 12. The Bertz CT molecular complexity index is 2500. The molecule has 5 heterocycles. The number of anilines is 2. The van der Waals surface area contributed by atoms with Gasteiger partial charge in [-0.1, -0.05) is 119 Å². The van der Waals surface area contributed by atoms with E-state index in [0.717, 1.165) is 39.1 Å². The van der Waals surface area contributed by atoms with E-state index in [1.165, 1.54) is 22.7 Å². The second-order valence-corrected chi connectivity index (χ2v) is 18.5. The number of hydrogen-bond acceptors (Lipinski definition) is 11. The Morgan fingerprint density at radius 2 is 1.23 bits per heavy atom. The zero-order valence-corrected chi connectivity index (χ0v) is 44.5. The predicted molar refractivity (Wildman–Crippen MR) is 271 cm³/mol. The van der Waals surface area contributed by atoms with Gasteiger partial charge in [-0.2, -0.15) is 15.3 Å². The topological polar surface area (TPSA) is 220 Å². The number of H-pyrrole nitrogens is 1. The van der Waals surface area contributed by atoms with Gasteiger partial charge in [-0.15, -0.1) is 22.7 Å². The van der Waals surface area contributed by atoms with E-state index in [9.17, 15) is 19.5 Å². The summed E-state index contributed by atoms with van der Waals surface area (Å²) >= 11 is 5.90. The number of para-hydroxylation sites is 1. The molecule has 8 rings (SSSR count). The number of hydrogen-bond donors (Lipinski definition) is 5. The first-order valence-electron chi connectivity index (χ1n) is 20.9.